The molecule has 2 aromatic rings. The van der Waals surface area contributed by atoms with Crippen LogP contribution >= 0.6 is 0 Å². The molecule has 2 aromatic carbocycles. The Bertz CT molecular complexity index is 897. The van der Waals surface area contributed by atoms with Gasteiger partial charge >= 0.3 is 0 Å². The number of benzene rings is 2. The van der Waals surface area contributed by atoms with Gasteiger partial charge in [0.2, 0.25) is 0 Å². The normalized spacial score (nSPS) is 11.5. The van der Waals surface area contributed by atoms with E-state index in [1.807, 2.05) is 24.3 Å². The third-order valence-corrected chi connectivity index (χ3v) is 6.57. The van der Waals surface area contributed by atoms with Crippen LogP contribution in [-0.2, 0) is 0 Å². The molecule has 0 aliphatic heterocycles. The maximum atomic E-state index is 10.3. The van der Waals surface area contributed by atoms with Crippen molar-refractivity contribution in [3.8, 4) is 23.0 Å². The van der Waals surface area contributed by atoms with Crippen LogP contribution in [0, 0.1) is 0 Å². The fraction of sp³-hybridized carbons (Fsp3) is 0.576. The predicted octanol–water partition coefficient (Wildman–Crippen LogP) is 8.50. The second kappa shape index (κ2) is 20.9. The molecule has 0 saturated carbocycles. The first kappa shape index (κ1) is 32.2. The van der Waals surface area contributed by atoms with Crippen LogP contribution in [0.5, 0.6) is 23.0 Å². The molecule has 0 atom stereocenters. The van der Waals surface area contributed by atoms with Gasteiger partial charge in [-0.25, -0.2) is 0 Å². The van der Waals surface area contributed by atoms with Crippen molar-refractivity contribution < 1.29 is 19.7 Å². The van der Waals surface area contributed by atoms with Crippen LogP contribution in [0.25, 0.3) is 0 Å². The molecule has 39 heavy (non-hydrogen) atoms. The molecule has 0 aliphatic carbocycles. The lowest BCUT2D eigenvalue weighted by Gasteiger charge is -2.08. The Hall–Kier alpha value is -3.02. The van der Waals surface area contributed by atoms with E-state index in [-0.39, 0.29) is 11.5 Å². The quantitative estimate of drug-likeness (QED) is 0.116. The van der Waals surface area contributed by atoms with E-state index in [0.29, 0.717) is 48.9 Å². The maximum Gasteiger partial charge on any atom is 0.128 e. The first-order valence-electron chi connectivity index (χ1n) is 15.0. The second-order valence-electron chi connectivity index (χ2n) is 10.1. The lowest BCUT2D eigenvalue weighted by molar-refractivity contribution is 0.302. The number of rotatable bonds is 22. The number of nitrogens with zero attached hydrogens (tertiary/aromatic N) is 2. The summed E-state index contributed by atoms with van der Waals surface area (Å²) in [5, 5.41) is 20.6. The number of unbranched alkanes of at least 4 members (excludes halogenated alkanes) is 10. The van der Waals surface area contributed by atoms with Gasteiger partial charge in [0, 0.05) is 48.8 Å². The summed E-state index contributed by atoms with van der Waals surface area (Å²) < 4.78 is 11.5. The molecule has 2 N–H and O–H groups in total. The van der Waals surface area contributed by atoms with E-state index in [9.17, 15) is 10.2 Å². The molecule has 0 bridgehead atoms. The average molecular weight is 539 g/mol. The molecule has 216 valence electrons. The molecule has 2 rings (SSSR count). The van der Waals surface area contributed by atoms with Gasteiger partial charge in [0.25, 0.3) is 0 Å². The highest BCUT2D eigenvalue weighted by Crippen LogP contribution is 2.24. The zero-order valence-corrected chi connectivity index (χ0v) is 24.2. The van der Waals surface area contributed by atoms with E-state index < -0.39 is 0 Å². The van der Waals surface area contributed by atoms with Crippen LogP contribution in [0.4, 0.5) is 0 Å². The highest BCUT2D eigenvalue weighted by molar-refractivity contribution is 5.84. The largest absolute Gasteiger partial charge is 0.507 e. The fourth-order valence-corrected chi connectivity index (χ4v) is 4.17. The summed E-state index contributed by atoms with van der Waals surface area (Å²) in [5.74, 6) is 1.72. The molecule has 0 heterocycles. The number of hydrogen-bond donors (Lipinski definition) is 2. The summed E-state index contributed by atoms with van der Waals surface area (Å²) in [7, 11) is 0. The minimum atomic E-state index is 0.173. The Kier molecular flexibility index (Phi) is 17.2. The van der Waals surface area contributed by atoms with Crippen LogP contribution in [0.2, 0.25) is 0 Å². The fourth-order valence-electron chi connectivity index (χ4n) is 4.17. The van der Waals surface area contributed by atoms with E-state index in [4.69, 9.17) is 9.47 Å². The SMILES string of the molecule is CCCCCCCCOc1ccc(C=NCCCN=Cc2ccc(OCCCCCCCC)cc2O)c(O)c1. The summed E-state index contributed by atoms with van der Waals surface area (Å²) >= 11 is 0. The lowest BCUT2D eigenvalue weighted by Crippen LogP contribution is -1.98. The van der Waals surface area contributed by atoms with Crippen molar-refractivity contribution in [1.29, 1.82) is 0 Å². The van der Waals surface area contributed by atoms with E-state index >= 15 is 0 Å². The van der Waals surface area contributed by atoms with E-state index in [1.54, 1.807) is 24.6 Å². The Balaban J connectivity index is 1.62. The Labute approximate surface area is 236 Å². The Morgan fingerprint density at radius 2 is 0.974 bits per heavy atom. The standard InChI is InChI=1S/C33H50N2O4/c1-3-5-7-9-11-13-22-38-30-18-16-28(32(36)24-30)26-34-20-15-21-35-27-29-17-19-31(25-33(29)37)39-23-14-12-10-8-6-4-2/h16-19,24-27,36-37H,3-15,20-23H2,1-2H3. The molecule has 0 amide bonds. The van der Waals surface area contributed by atoms with Gasteiger partial charge in [0.15, 0.2) is 0 Å². The number of phenolic OH excluding ortho intramolecular Hbond substituents is 2. The minimum Gasteiger partial charge on any atom is -0.507 e. The van der Waals surface area contributed by atoms with Crippen LogP contribution < -0.4 is 9.47 Å². The molecule has 6 nitrogen and oxygen atoms in total. The monoisotopic (exact) mass is 538 g/mol. The van der Waals surface area contributed by atoms with Gasteiger partial charge in [-0.1, -0.05) is 78.1 Å². The van der Waals surface area contributed by atoms with Gasteiger partial charge in [0.1, 0.15) is 23.0 Å². The molecule has 0 radical (unpaired) electrons. The molecule has 0 aromatic heterocycles. The van der Waals surface area contributed by atoms with Crippen molar-refractivity contribution in [2.45, 2.75) is 97.3 Å². The summed E-state index contributed by atoms with van der Waals surface area (Å²) in [5.41, 5.74) is 1.35. The molecular formula is C33H50N2O4. The van der Waals surface area contributed by atoms with Gasteiger partial charge in [-0.3, -0.25) is 9.98 Å². The number of ether oxygens (including phenoxy) is 2. The third kappa shape index (κ3) is 14.6. The zero-order valence-electron chi connectivity index (χ0n) is 24.2. The van der Waals surface area contributed by atoms with Crippen molar-refractivity contribution in [3.05, 3.63) is 47.5 Å². The van der Waals surface area contributed by atoms with Crippen LogP contribution in [0.1, 0.15) is 108 Å². The number of phenols is 2. The van der Waals surface area contributed by atoms with Crippen LogP contribution in [-0.4, -0.2) is 48.9 Å². The van der Waals surface area contributed by atoms with Gasteiger partial charge in [-0.05, 0) is 43.5 Å². The summed E-state index contributed by atoms with van der Waals surface area (Å²) in [6.07, 6.45) is 18.8. The van der Waals surface area contributed by atoms with Crippen molar-refractivity contribution in [1.82, 2.24) is 0 Å². The Morgan fingerprint density at radius 1 is 0.564 bits per heavy atom. The summed E-state index contributed by atoms with van der Waals surface area (Å²) in [6, 6.07) is 10.7. The maximum absolute atomic E-state index is 10.3. The number of aromatic hydroxyl groups is 2. The molecular weight excluding hydrogens is 488 g/mol. The van der Waals surface area contributed by atoms with E-state index in [1.165, 1.54) is 64.2 Å². The molecule has 6 heteroatoms. The van der Waals surface area contributed by atoms with E-state index in [0.717, 1.165) is 19.3 Å². The molecule has 0 unspecified atom stereocenters. The molecule has 0 saturated heterocycles. The Morgan fingerprint density at radius 3 is 1.38 bits per heavy atom. The third-order valence-electron chi connectivity index (χ3n) is 6.57. The van der Waals surface area contributed by atoms with Gasteiger partial charge in [-0.2, -0.15) is 0 Å². The van der Waals surface area contributed by atoms with Crippen LogP contribution in [0.3, 0.4) is 0 Å². The van der Waals surface area contributed by atoms with Gasteiger partial charge < -0.3 is 19.7 Å². The van der Waals surface area contributed by atoms with Crippen molar-refractivity contribution in [2.75, 3.05) is 26.3 Å². The zero-order chi connectivity index (χ0) is 28.0. The summed E-state index contributed by atoms with van der Waals surface area (Å²) in [6.45, 7) is 7.00. The van der Waals surface area contributed by atoms with Gasteiger partial charge in [0.05, 0.1) is 13.2 Å². The number of aliphatic imine (C=N–C) groups is 2. The molecule has 0 fully saturated rings. The lowest BCUT2D eigenvalue weighted by atomic mass is 10.1. The van der Waals surface area contributed by atoms with Crippen LogP contribution in [0.15, 0.2) is 46.4 Å². The first-order valence-corrected chi connectivity index (χ1v) is 15.0. The average Bonchev–Trinajstić information content (AvgIpc) is 2.93. The van der Waals surface area contributed by atoms with Gasteiger partial charge in [-0.15, -0.1) is 0 Å². The van der Waals surface area contributed by atoms with Crippen molar-refractivity contribution >= 4 is 12.4 Å². The van der Waals surface area contributed by atoms with Crippen molar-refractivity contribution in [2.24, 2.45) is 9.98 Å². The second-order valence-corrected chi connectivity index (χ2v) is 10.1. The summed E-state index contributed by atoms with van der Waals surface area (Å²) in [4.78, 5) is 8.81. The van der Waals surface area contributed by atoms with E-state index in [2.05, 4.69) is 23.8 Å². The number of hydrogen-bond acceptors (Lipinski definition) is 6. The molecule has 0 aliphatic rings. The molecule has 0 spiro atoms. The topological polar surface area (TPSA) is 83.6 Å². The van der Waals surface area contributed by atoms with Crippen molar-refractivity contribution in [3.63, 3.8) is 0 Å². The smallest absolute Gasteiger partial charge is 0.128 e. The predicted molar refractivity (Wildman–Crippen MR) is 163 cm³/mol. The first-order chi connectivity index (χ1) is 19.1. The highest BCUT2D eigenvalue weighted by atomic mass is 16.5. The minimum absolute atomic E-state index is 0.173. The highest BCUT2D eigenvalue weighted by Gasteiger charge is 2.03.